The lowest BCUT2D eigenvalue weighted by Crippen LogP contribution is -2.68. The van der Waals surface area contributed by atoms with Crippen molar-refractivity contribution >= 4 is 0 Å². The van der Waals surface area contributed by atoms with Gasteiger partial charge in [0, 0.05) is 0 Å². The summed E-state index contributed by atoms with van der Waals surface area (Å²) >= 11 is 0. The Kier molecular flexibility index (Phi) is 6.14. The molecule has 114 valence electrons. The van der Waals surface area contributed by atoms with Crippen LogP contribution in [0.4, 0.5) is 0 Å². The molecule has 0 saturated carbocycles. The average molecular weight is 319 g/mol. The zero-order valence-corrected chi connectivity index (χ0v) is 11.8. The fraction of sp³-hybridized carbons (Fsp3) is 0.200. The second-order valence-electron chi connectivity index (χ2n) is 3.27. The first-order chi connectivity index (χ1) is 9.83. The fourth-order valence-electron chi connectivity index (χ4n) is 1.16. The summed E-state index contributed by atoms with van der Waals surface area (Å²) < 4.78 is 45.6. The maximum Gasteiger partial charge on any atom is 0.447 e. The summed E-state index contributed by atoms with van der Waals surface area (Å²) in [7, 11) is -1.96. The van der Waals surface area contributed by atoms with Gasteiger partial charge in [-0.2, -0.15) is 0 Å². The van der Waals surface area contributed by atoms with Gasteiger partial charge < -0.3 is 9.47 Å². The predicted octanol–water partition coefficient (Wildman–Crippen LogP) is -4.59. The van der Waals surface area contributed by atoms with Crippen LogP contribution in [0.2, 0.25) is 0 Å². The molecule has 10 nitrogen and oxygen atoms in total. The van der Waals surface area contributed by atoms with Crippen LogP contribution in [0.25, 0.3) is 5.95 Å². The first-order valence-electron chi connectivity index (χ1n) is 5.26. The van der Waals surface area contributed by atoms with Gasteiger partial charge in [0.05, 0.1) is 26.6 Å². The molecule has 0 N–H and O–H groups in total. The van der Waals surface area contributed by atoms with E-state index >= 15 is 0 Å². The van der Waals surface area contributed by atoms with E-state index in [-0.39, 0.29) is 12.0 Å². The largest absolute Gasteiger partial charge is 0.454 e. The van der Waals surface area contributed by atoms with Crippen molar-refractivity contribution in [3.05, 3.63) is 30.6 Å². The molecule has 11 heteroatoms. The molecular weight excluding hydrogens is 308 g/mol. The normalized spacial score (nSPS) is 10.4. The van der Waals surface area contributed by atoms with E-state index in [0.29, 0.717) is 5.95 Å². The third-order valence-corrected chi connectivity index (χ3v) is 1.89. The average Bonchev–Trinajstić information content (AvgIpc) is 2.46. The highest BCUT2D eigenvalue weighted by Crippen LogP contribution is 2.08. The highest BCUT2D eigenvalue weighted by atomic mass is 35.7. The standard InChI is InChI=1S/C10H11N4O2.ClHO4/c1-15-9-11-8(12-10(13-9)16-2)14-6-4-3-5-7-14;2-1(3,4)5/h3-7H,1-2H3;(H,2,3,4,5)/q+1;/p-1. The molecule has 21 heavy (non-hydrogen) atoms. The number of methoxy groups -OCH3 is 2. The van der Waals surface area contributed by atoms with E-state index in [9.17, 15) is 0 Å². The minimum Gasteiger partial charge on any atom is -0.454 e. The van der Waals surface area contributed by atoms with Gasteiger partial charge in [-0.25, -0.2) is 23.2 Å². The number of hydrogen-bond donors (Lipinski definition) is 0. The van der Waals surface area contributed by atoms with Gasteiger partial charge in [0.25, 0.3) is 0 Å². The van der Waals surface area contributed by atoms with Crippen molar-refractivity contribution in [2.75, 3.05) is 14.2 Å². The minimum atomic E-state index is -4.94. The van der Waals surface area contributed by atoms with Crippen LogP contribution in [0.3, 0.4) is 0 Å². The van der Waals surface area contributed by atoms with Crippen LogP contribution >= 0.6 is 0 Å². The molecule has 0 amide bonds. The number of ether oxygens (including phenoxy) is 2. The molecule has 0 unspecified atom stereocenters. The third kappa shape index (κ3) is 6.74. The lowest BCUT2D eigenvalue weighted by molar-refractivity contribution is -2.00. The summed E-state index contributed by atoms with van der Waals surface area (Å²) in [6.45, 7) is 0. The molecule has 0 fully saturated rings. The van der Waals surface area contributed by atoms with Gasteiger partial charge in [-0.05, 0) is 22.1 Å². The summed E-state index contributed by atoms with van der Waals surface area (Å²) in [4.78, 5) is 12.1. The Morgan fingerprint density at radius 3 is 1.67 bits per heavy atom. The molecule has 2 aromatic heterocycles. The first-order valence-corrected chi connectivity index (χ1v) is 6.49. The van der Waals surface area contributed by atoms with Gasteiger partial charge in [0.1, 0.15) is 0 Å². The van der Waals surface area contributed by atoms with Crippen molar-refractivity contribution in [3.8, 4) is 18.0 Å². The summed E-state index contributed by atoms with van der Waals surface area (Å²) in [6, 6.07) is 6.11. The quantitative estimate of drug-likeness (QED) is 0.508. The number of hydrogen-bond acceptors (Lipinski definition) is 9. The van der Waals surface area contributed by atoms with Gasteiger partial charge in [0.15, 0.2) is 0 Å². The number of rotatable bonds is 3. The Bertz CT molecular complexity index is 537. The molecule has 0 saturated heterocycles. The van der Waals surface area contributed by atoms with Crippen LogP contribution in [0.1, 0.15) is 0 Å². The molecule has 2 rings (SSSR count). The maximum absolute atomic E-state index is 8.49. The van der Waals surface area contributed by atoms with Crippen LogP contribution in [-0.4, -0.2) is 29.2 Å². The Hall–Kier alpha value is -2.11. The summed E-state index contributed by atoms with van der Waals surface area (Å²) in [6.07, 6.45) is 3.66. The van der Waals surface area contributed by atoms with E-state index in [2.05, 4.69) is 15.0 Å². The molecule has 2 heterocycles. The van der Waals surface area contributed by atoms with E-state index in [0.717, 1.165) is 0 Å². The van der Waals surface area contributed by atoms with Crippen molar-refractivity contribution in [1.29, 1.82) is 0 Å². The van der Waals surface area contributed by atoms with Gasteiger partial charge >= 0.3 is 18.0 Å². The van der Waals surface area contributed by atoms with Crippen LogP contribution in [0.5, 0.6) is 12.0 Å². The van der Waals surface area contributed by atoms with Gasteiger partial charge in [-0.3, -0.25) is 0 Å². The Labute approximate surface area is 121 Å². The lowest BCUT2D eigenvalue weighted by atomic mass is 10.5. The van der Waals surface area contributed by atoms with Crippen molar-refractivity contribution in [2.24, 2.45) is 0 Å². The van der Waals surface area contributed by atoms with Crippen molar-refractivity contribution in [1.82, 2.24) is 15.0 Å². The van der Waals surface area contributed by atoms with E-state index in [1.165, 1.54) is 14.2 Å². The SMILES string of the molecule is COc1nc(OC)nc(-[n+]2ccccc2)n1.[O-][Cl+3]([O-])([O-])[O-]. The van der Waals surface area contributed by atoms with Gasteiger partial charge in [-0.15, -0.1) is 15.2 Å². The zero-order valence-electron chi connectivity index (χ0n) is 11.0. The Balaban J connectivity index is 0.000000383. The lowest BCUT2D eigenvalue weighted by Gasteiger charge is -2.17. The number of aromatic nitrogens is 4. The monoisotopic (exact) mass is 318 g/mol. The molecule has 0 radical (unpaired) electrons. The summed E-state index contributed by atoms with van der Waals surface area (Å²) in [5, 5.41) is 0. The van der Waals surface area contributed by atoms with Crippen LogP contribution in [0, 0.1) is 10.2 Å². The molecular formula is C10H11ClN4O6. The zero-order chi connectivity index (χ0) is 15.9. The second-order valence-corrected chi connectivity index (χ2v) is 4.03. The molecule has 0 aromatic carbocycles. The second kappa shape index (κ2) is 7.61. The van der Waals surface area contributed by atoms with Gasteiger partial charge in [0.2, 0.25) is 0 Å². The van der Waals surface area contributed by atoms with E-state index in [1.807, 2.05) is 30.6 Å². The highest BCUT2D eigenvalue weighted by molar-refractivity contribution is 5.09. The van der Waals surface area contributed by atoms with E-state index < -0.39 is 10.2 Å². The molecule has 0 aliphatic carbocycles. The molecule has 0 spiro atoms. The van der Waals surface area contributed by atoms with Crippen molar-refractivity contribution in [2.45, 2.75) is 0 Å². The predicted molar refractivity (Wildman–Crippen MR) is 54.5 cm³/mol. The Morgan fingerprint density at radius 2 is 1.29 bits per heavy atom. The van der Waals surface area contributed by atoms with E-state index in [4.69, 9.17) is 28.1 Å². The smallest absolute Gasteiger partial charge is 0.447 e. The fourth-order valence-corrected chi connectivity index (χ4v) is 1.16. The minimum absolute atomic E-state index is 0.221. The van der Waals surface area contributed by atoms with Crippen LogP contribution in [0.15, 0.2) is 30.6 Å². The van der Waals surface area contributed by atoms with Crippen molar-refractivity contribution < 1.29 is 42.9 Å². The molecule has 0 aliphatic heterocycles. The first kappa shape index (κ1) is 16.9. The molecule has 2 aromatic rings. The van der Waals surface area contributed by atoms with Crippen LogP contribution in [-0.2, 0) is 0 Å². The molecule has 0 atom stereocenters. The number of halogens is 1. The summed E-state index contributed by atoms with van der Waals surface area (Å²) in [5.74, 6) is 0.448. The van der Waals surface area contributed by atoms with Crippen molar-refractivity contribution in [3.63, 3.8) is 0 Å². The third-order valence-electron chi connectivity index (χ3n) is 1.89. The summed E-state index contributed by atoms with van der Waals surface area (Å²) in [5.41, 5.74) is 0. The molecule has 0 aliphatic rings. The van der Waals surface area contributed by atoms with E-state index in [1.54, 1.807) is 4.57 Å². The van der Waals surface area contributed by atoms with Crippen LogP contribution < -0.4 is 32.7 Å². The molecule has 0 bridgehead atoms. The topological polar surface area (TPSA) is 153 Å². The number of pyridine rings is 1. The maximum atomic E-state index is 8.49. The number of nitrogens with zero attached hydrogens (tertiary/aromatic N) is 4. The van der Waals surface area contributed by atoms with Gasteiger partial charge in [-0.1, -0.05) is 6.07 Å². The highest BCUT2D eigenvalue weighted by Gasteiger charge is 2.17. The Morgan fingerprint density at radius 1 is 0.857 bits per heavy atom.